The number of halogens is 1. The lowest BCUT2D eigenvalue weighted by Gasteiger charge is -2.35. The van der Waals surface area contributed by atoms with Gasteiger partial charge in [0.15, 0.2) is 5.69 Å². The van der Waals surface area contributed by atoms with Gasteiger partial charge < -0.3 is 15.4 Å². The van der Waals surface area contributed by atoms with Crippen molar-refractivity contribution in [2.75, 3.05) is 6.54 Å². The third-order valence-corrected chi connectivity index (χ3v) is 4.57. The van der Waals surface area contributed by atoms with Crippen LogP contribution in [0.15, 0.2) is 36.5 Å². The number of hydrogen-bond acceptors (Lipinski definition) is 4. The van der Waals surface area contributed by atoms with Crippen molar-refractivity contribution in [1.82, 2.24) is 20.4 Å². The second kappa shape index (κ2) is 8.63. The molecule has 7 nitrogen and oxygen atoms in total. The van der Waals surface area contributed by atoms with Crippen molar-refractivity contribution in [1.29, 1.82) is 0 Å². The van der Waals surface area contributed by atoms with E-state index < -0.39 is 17.2 Å². The summed E-state index contributed by atoms with van der Waals surface area (Å²) < 4.78 is 20.1. The van der Waals surface area contributed by atoms with Gasteiger partial charge in [-0.2, -0.15) is 5.10 Å². The van der Waals surface area contributed by atoms with Crippen LogP contribution in [0, 0.1) is 11.7 Å². The number of carbonyl (C=O) groups excluding carboxylic acids is 2. The second-order valence-electron chi connectivity index (χ2n) is 8.51. The molecule has 158 valence electrons. The molecule has 1 heterocycles. The van der Waals surface area contributed by atoms with Gasteiger partial charge in [-0.15, -0.1) is 0 Å². The van der Waals surface area contributed by atoms with E-state index in [1.54, 1.807) is 45.2 Å². The van der Waals surface area contributed by atoms with Crippen LogP contribution in [0.25, 0.3) is 5.69 Å². The maximum atomic E-state index is 13.4. The molecule has 0 spiro atoms. The van der Waals surface area contributed by atoms with E-state index in [0.29, 0.717) is 5.69 Å². The molecule has 2 N–H and O–H groups in total. The van der Waals surface area contributed by atoms with E-state index in [1.807, 2.05) is 20.8 Å². The van der Waals surface area contributed by atoms with Crippen molar-refractivity contribution in [3.05, 3.63) is 48.0 Å². The Kier molecular flexibility index (Phi) is 6.66. The fourth-order valence-electron chi connectivity index (χ4n) is 2.49. The molecular formula is C21H29FN4O3. The van der Waals surface area contributed by atoms with Gasteiger partial charge in [0.05, 0.1) is 11.2 Å². The zero-order valence-corrected chi connectivity index (χ0v) is 17.7. The smallest absolute Gasteiger partial charge is 0.407 e. The summed E-state index contributed by atoms with van der Waals surface area (Å²) in [5.74, 6) is -0.751. The first-order chi connectivity index (χ1) is 13.4. The van der Waals surface area contributed by atoms with Crippen molar-refractivity contribution < 1.29 is 18.7 Å². The summed E-state index contributed by atoms with van der Waals surface area (Å²) in [4.78, 5) is 24.7. The van der Waals surface area contributed by atoms with Crippen molar-refractivity contribution in [2.45, 2.75) is 52.7 Å². The number of carbonyl (C=O) groups is 2. The summed E-state index contributed by atoms with van der Waals surface area (Å²) in [7, 11) is 0. The molecule has 2 amide bonds. The molecule has 0 fully saturated rings. The minimum atomic E-state index is -0.726. The van der Waals surface area contributed by atoms with Crippen LogP contribution in [-0.2, 0) is 4.74 Å². The number of amides is 2. The number of nitrogens with zero attached hydrogens (tertiary/aromatic N) is 2. The maximum absolute atomic E-state index is 13.4. The molecule has 2 rings (SSSR count). The maximum Gasteiger partial charge on any atom is 0.407 e. The molecule has 0 radical (unpaired) electrons. The SMILES string of the molecule is CC(C)C(C)(CNC(=O)OC(C)(C)C)NC(=O)c1ccn(-c2cccc(F)c2)n1. The highest BCUT2D eigenvalue weighted by molar-refractivity contribution is 5.92. The molecule has 0 aliphatic carbocycles. The fourth-order valence-corrected chi connectivity index (χ4v) is 2.49. The molecule has 8 heteroatoms. The highest BCUT2D eigenvalue weighted by Crippen LogP contribution is 2.17. The number of alkyl carbamates (subject to hydrolysis) is 1. The van der Waals surface area contributed by atoms with Crippen molar-refractivity contribution in [2.24, 2.45) is 5.92 Å². The van der Waals surface area contributed by atoms with Gasteiger partial charge in [-0.25, -0.2) is 13.9 Å². The normalized spacial score (nSPS) is 13.7. The molecule has 29 heavy (non-hydrogen) atoms. The summed E-state index contributed by atoms with van der Waals surface area (Å²) in [5, 5.41) is 9.89. The van der Waals surface area contributed by atoms with Gasteiger partial charge in [-0.3, -0.25) is 4.79 Å². The lowest BCUT2D eigenvalue weighted by atomic mass is 9.88. The Morgan fingerprint density at radius 3 is 2.48 bits per heavy atom. The van der Waals surface area contributed by atoms with Crippen LogP contribution in [0.3, 0.4) is 0 Å². The second-order valence-corrected chi connectivity index (χ2v) is 8.51. The van der Waals surface area contributed by atoms with Gasteiger partial charge in [-0.1, -0.05) is 19.9 Å². The van der Waals surface area contributed by atoms with E-state index in [2.05, 4.69) is 15.7 Å². The quantitative estimate of drug-likeness (QED) is 0.769. The van der Waals surface area contributed by atoms with E-state index >= 15 is 0 Å². The number of hydrogen-bond donors (Lipinski definition) is 2. The summed E-state index contributed by atoms with van der Waals surface area (Å²) >= 11 is 0. The number of benzene rings is 1. The van der Waals surface area contributed by atoms with Gasteiger partial charge in [0.1, 0.15) is 11.4 Å². The van der Waals surface area contributed by atoms with Gasteiger partial charge in [0.2, 0.25) is 0 Å². The van der Waals surface area contributed by atoms with Crippen LogP contribution in [0.5, 0.6) is 0 Å². The Labute approximate surface area is 170 Å². The summed E-state index contributed by atoms with van der Waals surface area (Å²) in [6, 6.07) is 7.50. The third-order valence-electron chi connectivity index (χ3n) is 4.57. The predicted molar refractivity (Wildman–Crippen MR) is 108 cm³/mol. The van der Waals surface area contributed by atoms with Gasteiger partial charge in [-0.05, 0) is 57.9 Å². The average molecular weight is 404 g/mol. The number of nitrogens with one attached hydrogen (secondary N) is 2. The largest absolute Gasteiger partial charge is 0.444 e. The number of ether oxygens (including phenoxy) is 1. The number of aromatic nitrogens is 2. The molecule has 0 bridgehead atoms. The molecule has 2 aromatic rings. The van der Waals surface area contributed by atoms with Crippen LogP contribution >= 0.6 is 0 Å². The molecule has 1 aromatic carbocycles. The summed E-state index contributed by atoms with van der Waals surface area (Å²) in [6.07, 6.45) is 1.05. The minimum absolute atomic E-state index is 0.0201. The van der Waals surface area contributed by atoms with Gasteiger partial charge in [0.25, 0.3) is 5.91 Å². The van der Waals surface area contributed by atoms with Crippen molar-refractivity contribution in [3.8, 4) is 5.69 Å². The molecule has 0 aliphatic heterocycles. The average Bonchev–Trinajstić information content (AvgIpc) is 3.09. The first-order valence-corrected chi connectivity index (χ1v) is 9.50. The lowest BCUT2D eigenvalue weighted by molar-refractivity contribution is 0.0497. The summed E-state index contributed by atoms with van der Waals surface area (Å²) in [5.41, 5.74) is -0.622. The highest BCUT2D eigenvalue weighted by atomic mass is 19.1. The fraction of sp³-hybridized carbons (Fsp3) is 0.476. The minimum Gasteiger partial charge on any atom is -0.444 e. The number of rotatable bonds is 6. The van der Waals surface area contributed by atoms with E-state index in [-0.39, 0.29) is 29.9 Å². The van der Waals surface area contributed by atoms with E-state index in [0.717, 1.165) is 0 Å². The molecule has 1 atom stereocenters. The molecule has 0 saturated carbocycles. The monoisotopic (exact) mass is 404 g/mol. The van der Waals surface area contributed by atoms with E-state index in [4.69, 9.17) is 4.74 Å². The highest BCUT2D eigenvalue weighted by Gasteiger charge is 2.32. The molecule has 1 aromatic heterocycles. The molecule has 0 aliphatic rings. The third kappa shape index (κ3) is 6.30. The molecule has 0 saturated heterocycles. The first kappa shape index (κ1) is 22.4. The standard InChI is InChI=1S/C21H29FN4O3/c1-14(2)21(6,13-23-19(28)29-20(3,4)5)24-18(27)17-10-11-26(25-17)16-9-7-8-15(22)12-16/h7-12,14H,13H2,1-6H3,(H,23,28)(H,24,27). The zero-order valence-electron chi connectivity index (χ0n) is 17.7. The Morgan fingerprint density at radius 2 is 1.90 bits per heavy atom. The van der Waals surface area contributed by atoms with Crippen LogP contribution in [0.4, 0.5) is 9.18 Å². The van der Waals surface area contributed by atoms with Crippen molar-refractivity contribution >= 4 is 12.0 Å². The zero-order chi connectivity index (χ0) is 21.8. The Bertz CT molecular complexity index is 873. The Morgan fingerprint density at radius 1 is 1.21 bits per heavy atom. The van der Waals surface area contributed by atoms with Crippen molar-refractivity contribution in [3.63, 3.8) is 0 Å². The summed E-state index contributed by atoms with van der Waals surface area (Å²) in [6.45, 7) is 11.3. The lowest BCUT2D eigenvalue weighted by Crippen LogP contribution is -2.57. The Hall–Kier alpha value is -2.90. The van der Waals surface area contributed by atoms with E-state index in [1.165, 1.54) is 16.8 Å². The molecule has 1 unspecified atom stereocenters. The van der Waals surface area contributed by atoms with Crippen LogP contribution in [-0.4, -0.2) is 39.5 Å². The first-order valence-electron chi connectivity index (χ1n) is 9.50. The van der Waals surface area contributed by atoms with Crippen LogP contribution in [0.1, 0.15) is 52.0 Å². The van der Waals surface area contributed by atoms with Crippen LogP contribution in [0.2, 0.25) is 0 Å². The van der Waals surface area contributed by atoms with E-state index in [9.17, 15) is 14.0 Å². The van der Waals surface area contributed by atoms with Gasteiger partial charge >= 0.3 is 6.09 Å². The van der Waals surface area contributed by atoms with Crippen LogP contribution < -0.4 is 10.6 Å². The predicted octanol–water partition coefficient (Wildman–Crippen LogP) is 3.68. The molecular weight excluding hydrogens is 375 g/mol. The van der Waals surface area contributed by atoms with Gasteiger partial charge in [0, 0.05) is 12.7 Å². The topological polar surface area (TPSA) is 85.3 Å². The Balaban J connectivity index is 2.08.